The SMILES string of the molecule is Cn1cc(CCNC(=O)COc2ccc(Cl)cc2)c2cccnc21. The number of carbonyl (C=O) groups is 1. The lowest BCUT2D eigenvalue weighted by atomic mass is 10.1. The standard InChI is InChI=1S/C18H18ClN3O2/c1-22-11-13(16-3-2-9-21-18(16)22)8-10-20-17(23)12-24-15-6-4-14(19)5-7-15/h2-7,9,11H,8,10,12H2,1H3,(H,20,23). The van der Waals surface area contributed by atoms with E-state index in [1.165, 1.54) is 5.56 Å². The first-order valence-electron chi connectivity index (χ1n) is 7.67. The molecular weight excluding hydrogens is 326 g/mol. The molecule has 5 nitrogen and oxygen atoms in total. The Bertz CT molecular complexity index is 843. The molecule has 0 atom stereocenters. The van der Waals surface area contributed by atoms with Crippen molar-refractivity contribution in [2.45, 2.75) is 6.42 Å². The maximum absolute atomic E-state index is 11.9. The minimum absolute atomic E-state index is 0.0152. The van der Waals surface area contributed by atoms with Crippen LogP contribution in [0, 0.1) is 0 Å². The second-order valence-electron chi connectivity index (χ2n) is 5.48. The molecule has 6 heteroatoms. The summed E-state index contributed by atoms with van der Waals surface area (Å²) < 4.78 is 7.41. The summed E-state index contributed by atoms with van der Waals surface area (Å²) in [4.78, 5) is 16.2. The van der Waals surface area contributed by atoms with Crippen molar-refractivity contribution in [1.29, 1.82) is 0 Å². The molecule has 124 valence electrons. The number of benzene rings is 1. The second-order valence-corrected chi connectivity index (χ2v) is 5.92. The first kappa shape index (κ1) is 16.3. The van der Waals surface area contributed by atoms with Gasteiger partial charge in [0.25, 0.3) is 5.91 Å². The van der Waals surface area contributed by atoms with Crippen LogP contribution >= 0.6 is 11.6 Å². The summed E-state index contributed by atoms with van der Waals surface area (Å²) in [6, 6.07) is 10.9. The average Bonchev–Trinajstić information content (AvgIpc) is 2.91. The van der Waals surface area contributed by atoms with Gasteiger partial charge in [0.2, 0.25) is 0 Å². The van der Waals surface area contributed by atoms with Crippen molar-refractivity contribution in [1.82, 2.24) is 14.9 Å². The van der Waals surface area contributed by atoms with Crippen LogP contribution in [0.3, 0.4) is 0 Å². The number of carbonyl (C=O) groups excluding carboxylic acids is 1. The zero-order valence-electron chi connectivity index (χ0n) is 13.3. The fourth-order valence-corrected chi connectivity index (χ4v) is 2.69. The summed E-state index contributed by atoms with van der Waals surface area (Å²) in [5.41, 5.74) is 2.12. The highest BCUT2D eigenvalue weighted by molar-refractivity contribution is 6.30. The number of amides is 1. The zero-order valence-corrected chi connectivity index (χ0v) is 14.1. The van der Waals surface area contributed by atoms with Crippen LogP contribution in [0.4, 0.5) is 0 Å². The fourth-order valence-electron chi connectivity index (χ4n) is 2.56. The molecule has 0 radical (unpaired) electrons. The van der Waals surface area contributed by atoms with Crippen LogP contribution in [0.2, 0.25) is 5.02 Å². The molecule has 1 N–H and O–H groups in total. The number of aromatic nitrogens is 2. The van der Waals surface area contributed by atoms with E-state index in [0.717, 1.165) is 17.5 Å². The molecule has 2 aromatic heterocycles. The van der Waals surface area contributed by atoms with Gasteiger partial charge >= 0.3 is 0 Å². The predicted molar refractivity (Wildman–Crippen MR) is 94.4 cm³/mol. The third-order valence-corrected chi connectivity index (χ3v) is 3.97. The largest absolute Gasteiger partial charge is 0.484 e. The summed E-state index contributed by atoms with van der Waals surface area (Å²) in [5.74, 6) is 0.470. The Balaban J connectivity index is 1.48. The number of ether oxygens (including phenoxy) is 1. The lowest BCUT2D eigenvalue weighted by Gasteiger charge is -2.07. The van der Waals surface area contributed by atoms with Gasteiger partial charge in [-0.05, 0) is 48.4 Å². The Labute approximate surface area is 145 Å². The number of nitrogens with zero attached hydrogens (tertiary/aromatic N) is 2. The topological polar surface area (TPSA) is 56.2 Å². The minimum atomic E-state index is -0.150. The van der Waals surface area contributed by atoms with Gasteiger partial charge in [0, 0.05) is 36.4 Å². The quantitative estimate of drug-likeness (QED) is 0.748. The Morgan fingerprint density at radius 1 is 1.29 bits per heavy atom. The molecule has 0 spiro atoms. The molecule has 3 aromatic rings. The lowest BCUT2D eigenvalue weighted by Crippen LogP contribution is -2.30. The summed E-state index contributed by atoms with van der Waals surface area (Å²) in [6.45, 7) is 0.537. The second kappa shape index (κ2) is 7.36. The van der Waals surface area contributed by atoms with Gasteiger partial charge in [0.15, 0.2) is 6.61 Å². The summed E-state index contributed by atoms with van der Waals surface area (Å²) in [7, 11) is 1.97. The van der Waals surface area contributed by atoms with Gasteiger partial charge in [0.1, 0.15) is 11.4 Å². The van der Waals surface area contributed by atoms with Gasteiger partial charge < -0.3 is 14.6 Å². The molecule has 0 bridgehead atoms. The summed E-state index contributed by atoms with van der Waals surface area (Å²) >= 11 is 5.80. The minimum Gasteiger partial charge on any atom is -0.484 e. The molecule has 0 fully saturated rings. The maximum Gasteiger partial charge on any atom is 0.257 e. The van der Waals surface area contributed by atoms with Crippen LogP contribution < -0.4 is 10.1 Å². The predicted octanol–water partition coefficient (Wildman–Crippen LogP) is 2.96. The van der Waals surface area contributed by atoms with Crippen LogP contribution in [-0.4, -0.2) is 28.6 Å². The monoisotopic (exact) mass is 343 g/mol. The van der Waals surface area contributed by atoms with Crippen LogP contribution in [0.1, 0.15) is 5.56 Å². The van der Waals surface area contributed by atoms with E-state index in [2.05, 4.69) is 10.3 Å². The van der Waals surface area contributed by atoms with Crippen molar-refractivity contribution < 1.29 is 9.53 Å². The van der Waals surface area contributed by atoms with Crippen molar-refractivity contribution in [3.8, 4) is 5.75 Å². The molecule has 1 amide bonds. The van der Waals surface area contributed by atoms with Gasteiger partial charge in [-0.3, -0.25) is 4.79 Å². The van der Waals surface area contributed by atoms with E-state index >= 15 is 0 Å². The molecule has 0 aliphatic carbocycles. The number of nitrogens with one attached hydrogen (secondary N) is 1. The normalized spacial score (nSPS) is 10.8. The van der Waals surface area contributed by atoms with E-state index in [9.17, 15) is 4.79 Å². The fraction of sp³-hybridized carbons (Fsp3) is 0.222. The molecule has 0 aliphatic heterocycles. The first-order valence-corrected chi connectivity index (χ1v) is 8.05. The number of rotatable bonds is 6. The van der Waals surface area contributed by atoms with Crippen molar-refractivity contribution in [2.75, 3.05) is 13.2 Å². The van der Waals surface area contributed by atoms with Crippen LogP contribution in [-0.2, 0) is 18.3 Å². The van der Waals surface area contributed by atoms with Gasteiger partial charge in [-0.25, -0.2) is 4.98 Å². The average molecular weight is 344 g/mol. The zero-order chi connectivity index (χ0) is 16.9. The molecule has 0 unspecified atom stereocenters. The smallest absolute Gasteiger partial charge is 0.257 e. The highest BCUT2D eigenvalue weighted by Crippen LogP contribution is 2.18. The van der Waals surface area contributed by atoms with Crippen LogP contribution in [0.25, 0.3) is 11.0 Å². The maximum atomic E-state index is 11.9. The Hall–Kier alpha value is -2.53. The summed E-state index contributed by atoms with van der Waals surface area (Å²) in [6.07, 6.45) is 4.58. The molecule has 0 aliphatic rings. The van der Waals surface area contributed by atoms with E-state index in [1.807, 2.05) is 29.9 Å². The van der Waals surface area contributed by atoms with Crippen molar-refractivity contribution in [2.24, 2.45) is 7.05 Å². The van der Waals surface area contributed by atoms with E-state index in [0.29, 0.717) is 17.3 Å². The Morgan fingerprint density at radius 2 is 2.08 bits per heavy atom. The van der Waals surface area contributed by atoms with Gasteiger partial charge in [-0.15, -0.1) is 0 Å². The van der Waals surface area contributed by atoms with Crippen LogP contribution in [0.5, 0.6) is 5.75 Å². The van der Waals surface area contributed by atoms with Crippen molar-refractivity contribution in [3.63, 3.8) is 0 Å². The van der Waals surface area contributed by atoms with E-state index in [1.54, 1.807) is 30.5 Å². The Morgan fingerprint density at radius 3 is 2.88 bits per heavy atom. The number of pyridine rings is 1. The molecule has 1 aromatic carbocycles. The van der Waals surface area contributed by atoms with Gasteiger partial charge in [0.05, 0.1) is 0 Å². The highest BCUT2D eigenvalue weighted by Gasteiger charge is 2.08. The molecule has 2 heterocycles. The lowest BCUT2D eigenvalue weighted by molar-refractivity contribution is -0.123. The summed E-state index contributed by atoms with van der Waals surface area (Å²) in [5, 5.41) is 4.62. The van der Waals surface area contributed by atoms with Gasteiger partial charge in [-0.2, -0.15) is 0 Å². The number of fused-ring (bicyclic) bond motifs is 1. The molecule has 0 saturated heterocycles. The third kappa shape index (κ3) is 3.86. The Kier molecular flexibility index (Phi) is 5.01. The highest BCUT2D eigenvalue weighted by atomic mass is 35.5. The van der Waals surface area contributed by atoms with Crippen molar-refractivity contribution >= 4 is 28.5 Å². The van der Waals surface area contributed by atoms with E-state index in [4.69, 9.17) is 16.3 Å². The number of hydrogen-bond acceptors (Lipinski definition) is 3. The first-order chi connectivity index (χ1) is 11.6. The molecular formula is C18H18ClN3O2. The van der Waals surface area contributed by atoms with E-state index in [-0.39, 0.29) is 12.5 Å². The number of aryl methyl sites for hydroxylation is 1. The van der Waals surface area contributed by atoms with E-state index < -0.39 is 0 Å². The number of hydrogen-bond donors (Lipinski definition) is 1. The van der Waals surface area contributed by atoms with Gasteiger partial charge in [-0.1, -0.05) is 11.6 Å². The molecule has 24 heavy (non-hydrogen) atoms. The van der Waals surface area contributed by atoms with Crippen LogP contribution in [0.15, 0.2) is 48.8 Å². The van der Waals surface area contributed by atoms with Crippen molar-refractivity contribution in [3.05, 3.63) is 59.4 Å². The molecule has 0 saturated carbocycles. The third-order valence-electron chi connectivity index (χ3n) is 3.72. The number of halogens is 1. The molecule has 3 rings (SSSR count).